The van der Waals surface area contributed by atoms with Gasteiger partial charge in [0.25, 0.3) is 0 Å². The Morgan fingerprint density at radius 3 is 2.90 bits per heavy atom. The summed E-state index contributed by atoms with van der Waals surface area (Å²) in [5.74, 6) is 3.88. The minimum atomic E-state index is 0.678. The zero-order valence-electron chi connectivity index (χ0n) is 12.9. The van der Waals surface area contributed by atoms with Gasteiger partial charge in [-0.2, -0.15) is 0 Å². The van der Waals surface area contributed by atoms with Crippen LogP contribution in [0.15, 0.2) is 16.5 Å². The van der Waals surface area contributed by atoms with Crippen LogP contribution in [0.2, 0.25) is 0 Å². The van der Waals surface area contributed by atoms with Gasteiger partial charge in [0.2, 0.25) is 0 Å². The normalized spacial score (nSPS) is 29.9. The van der Waals surface area contributed by atoms with Crippen molar-refractivity contribution in [3.63, 3.8) is 0 Å². The Kier molecular flexibility index (Phi) is 4.47. The van der Waals surface area contributed by atoms with Crippen LogP contribution in [0.25, 0.3) is 0 Å². The number of rotatable bonds is 6. The second-order valence-electron chi connectivity index (χ2n) is 6.59. The minimum absolute atomic E-state index is 0.678. The SMILES string of the molecule is CCCN(Cc1ccc(C2CC2C)o1)C1CCCNC1. The predicted octanol–water partition coefficient (Wildman–Crippen LogP) is 3.37. The van der Waals surface area contributed by atoms with Crippen LogP contribution in [-0.4, -0.2) is 30.6 Å². The van der Waals surface area contributed by atoms with Crippen molar-refractivity contribution in [2.75, 3.05) is 19.6 Å². The van der Waals surface area contributed by atoms with Crippen LogP contribution >= 0.6 is 0 Å². The molecule has 1 aliphatic carbocycles. The highest BCUT2D eigenvalue weighted by molar-refractivity contribution is 5.17. The molecule has 1 saturated heterocycles. The maximum Gasteiger partial charge on any atom is 0.118 e. The first-order valence-electron chi connectivity index (χ1n) is 8.31. The van der Waals surface area contributed by atoms with Crippen LogP contribution in [0, 0.1) is 5.92 Å². The molecule has 3 heteroatoms. The van der Waals surface area contributed by atoms with Gasteiger partial charge in [-0.05, 0) is 56.8 Å². The van der Waals surface area contributed by atoms with Crippen molar-refractivity contribution in [1.82, 2.24) is 10.2 Å². The van der Waals surface area contributed by atoms with Crippen LogP contribution in [-0.2, 0) is 6.54 Å². The lowest BCUT2D eigenvalue weighted by Gasteiger charge is -2.34. The zero-order valence-corrected chi connectivity index (χ0v) is 12.9. The first-order chi connectivity index (χ1) is 9.78. The molecular weight excluding hydrogens is 248 g/mol. The molecule has 0 bridgehead atoms. The second-order valence-corrected chi connectivity index (χ2v) is 6.59. The van der Waals surface area contributed by atoms with E-state index in [1.807, 2.05) is 0 Å². The molecular formula is C17H28N2O. The van der Waals surface area contributed by atoms with Crippen molar-refractivity contribution >= 4 is 0 Å². The van der Waals surface area contributed by atoms with E-state index in [4.69, 9.17) is 4.42 Å². The first kappa shape index (κ1) is 14.2. The molecule has 2 heterocycles. The Hall–Kier alpha value is -0.800. The Bertz CT molecular complexity index is 422. The van der Waals surface area contributed by atoms with Gasteiger partial charge in [0.05, 0.1) is 6.54 Å². The molecule has 3 unspecified atom stereocenters. The van der Waals surface area contributed by atoms with E-state index in [1.54, 1.807) is 0 Å². The highest BCUT2D eigenvalue weighted by Crippen LogP contribution is 2.47. The Morgan fingerprint density at radius 1 is 1.40 bits per heavy atom. The first-order valence-corrected chi connectivity index (χ1v) is 8.31. The fourth-order valence-electron chi connectivity index (χ4n) is 3.42. The molecule has 1 aromatic heterocycles. The summed E-state index contributed by atoms with van der Waals surface area (Å²) in [6, 6.07) is 5.07. The molecule has 112 valence electrons. The molecule has 3 atom stereocenters. The third-order valence-electron chi connectivity index (χ3n) is 4.81. The van der Waals surface area contributed by atoms with Gasteiger partial charge in [-0.1, -0.05) is 13.8 Å². The van der Waals surface area contributed by atoms with Gasteiger partial charge < -0.3 is 9.73 Å². The summed E-state index contributed by atoms with van der Waals surface area (Å²) in [5, 5.41) is 3.53. The van der Waals surface area contributed by atoms with Gasteiger partial charge in [-0.25, -0.2) is 0 Å². The van der Waals surface area contributed by atoms with Crippen molar-refractivity contribution < 1.29 is 4.42 Å². The monoisotopic (exact) mass is 276 g/mol. The molecule has 3 nitrogen and oxygen atoms in total. The van der Waals surface area contributed by atoms with Gasteiger partial charge in [0.1, 0.15) is 11.5 Å². The van der Waals surface area contributed by atoms with Crippen molar-refractivity contribution in [2.24, 2.45) is 5.92 Å². The lowest BCUT2D eigenvalue weighted by molar-refractivity contribution is 0.146. The third-order valence-corrected chi connectivity index (χ3v) is 4.81. The van der Waals surface area contributed by atoms with Crippen LogP contribution in [0.4, 0.5) is 0 Å². The molecule has 1 aliphatic heterocycles. The average Bonchev–Trinajstić information content (AvgIpc) is 3.02. The van der Waals surface area contributed by atoms with Crippen molar-refractivity contribution in [2.45, 2.75) is 58.0 Å². The maximum absolute atomic E-state index is 6.08. The van der Waals surface area contributed by atoms with Gasteiger partial charge in [0, 0.05) is 18.5 Å². The summed E-state index contributed by atoms with van der Waals surface area (Å²) in [6.45, 7) is 9.03. The highest BCUT2D eigenvalue weighted by Gasteiger charge is 2.36. The maximum atomic E-state index is 6.08. The van der Waals surface area contributed by atoms with Crippen LogP contribution in [0.3, 0.4) is 0 Å². The summed E-state index contributed by atoms with van der Waals surface area (Å²) in [4.78, 5) is 2.60. The summed E-state index contributed by atoms with van der Waals surface area (Å²) in [7, 11) is 0. The van der Waals surface area contributed by atoms with E-state index in [0.29, 0.717) is 12.0 Å². The average molecular weight is 276 g/mol. The van der Waals surface area contributed by atoms with E-state index in [0.717, 1.165) is 24.8 Å². The smallest absolute Gasteiger partial charge is 0.118 e. The largest absolute Gasteiger partial charge is 0.464 e. The van der Waals surface area contributed by atoms with Gasteiger partial charge in [0.15, 0.2) is 0 Å². The molecule has 0 radical (unpaired) electrons. The topological polar surface area (TPSA) is 28.4 Å². The molecule has 1 saturated carbocycles. The lowest BCUT2D eigenvalue weighted by atomic mass is 10.1. The van der Waals surface area contributed by atoms with Gasteiger partial charge in [-0.15, -0.1) is 0 Å². The number of hydrogen-bond donors (Lipinski definition) is 1. The summed E-state index contributed by atoms with van der Waals surface area (Å²) < 4.78 is 6.08. The van der Waals surface area contributed by atoms with Gasteiger partial charge >= 0.3 is 0 Å². The number of piperidine rings is 1. The molecule has 0 aromatic carbocycles. The Morgan fingerprint density at radius 2 is 2.25 bits per heavy atom. The zero-order chi connectivity index (χ0) is 13.9. The fourth-order valence-corrected chi connectivity index (χ4v) is 3.42. The second kappa shape index (κ2) is 6.31. The Labute approximate surface area is 122 Å². The van der Waals surface area contributed by atoms with E-state index in [9.17, 15) is 0 Å². The molecule has 2 fully saturated rings. The number of furan rings is 1. The highest BCUT2D eigenvalue weighted by atomic mass is 16.3. The summed E-state index contributed by atoms with van der Waals surface area (Å²) in [6.07, 6.45) is 5.13. The van der Waals surface area contributed by atoms with E-state index in [2.05, 4.69) is 36.2 Å². The summed E-state index contributed by atoms with van der Waals surface area (Å²) >= 11 is 0. The molecule has 0 amide bonds. The van der Waals surface area contributed by atoms with E-state index >= 15 is 0 Å². The lowest BCUT2D eigenvalue weighted by Crippen LogP contribution is -2.45. The third kappa shape index (κ3) is 3.26. The predicted molar refractivity (Wildman–Crippen MR) is 81.8 cm³/mol. The van der Waals surface area contributed by atoms with Crippen LogP contribution < -0.4 is 5.32 Å². The van der Waals surface area contributed by atoms with Crippen molar-refractivity contribution in [1.29, 1.82) is 0 Å². The standard InChI is InChI=1S/C17H28N2O/c1-3-9-19(14-5-4-8-18-11-14)12-15-6-7-17(20-15)16-10-13(16)2/h6-7,13-14,16,18H,3-5,8-12H2,1-2H3. The fraction of sp³-hybridized carbons (Fsp3) is 0.765. The number of nitrogens with zero attached hydrogens (tertiary/aromatic N) is 1. The quantitative estimate of drug-likeness (QED) is 0.863. The molecule has 2 aliphatic rings. The van der Waals surface area contributed by atoms with Crippen LogP contribution in [0.5, 0.6) is 0 Å². The van der Waals surface area contributed by atoms with Crippen molar-refractivity contribution in [3.8, 4) is 0 Å². The summed E-state index contributed by atoms with van der Waals surface area (Å²) in [5.41, 5.74) is 0. The minimum Gasteiger partial charge on any atom is -0.464 e. The number of nitrogens with one attached hydrogen (secondary N) is 1. The van der Waals surface area contributed by atoms with Gasteiger partial charge in [-0.3, -0.25) is 4.90 Å². The Balaban J connectivity index is 1.61. The van der Waals surface area contributed by atoms with Crippen LogP contribution in [0.1, 0.15) is 57.0 Å². The molecule has 1 aromatic rings. The van der Waals surface area contributed by atoms with Crippen molar-refractivity contribution in [3.05, 3.63) is 23.7 Å². The van der Waals surface area contributed by atoms with E-state index in [-0.39, 0.29) is 0 Å². The number of hydrogen-bond acceptors (Lipinski definition) is 3. The molecule has 20 heavy (non-hydrogen) atoms. The molecule has 1 N–H and O–H groups in total. The molecule has 3 rings (SSSR count). The molecule has 0 spiro atoms. The van der Waals surface area contributed by atoms with E-state index < -0.39 is 0 Å². The van der Waals surface area contributed by atoms with E-state index in [1.165, 1.54) is 44.5 Å².